The van der Waals surface area contributed by atoms with Crippen molar-refractivity contribution in [3.63, 3.8) is 0 Å². The first kappa shape index (κ1) is 22.0. The quantitative estimate of drug-likeness (QED) is 0.505. The number of para-hydroxylation sites is 1. The Morgan fingerprint density at radius 2 is 1.55 bits per heavy atom. The third kappa shape index (κ3) is 6.15. The number of carbonyl (C=O) groups is 2. The van der Waals surface area contributed by atoms with Crippen molar-refractivity contribution in [1.82, 2.24) is 0 Å². The number of benzene rings is 3. The van der Waals surface area contributed by atoms with Crippen molar-refractivity contribution in [3.8, 4) is 5.75 Å². The summed E-state index contributed by atoms with van der Waals surface area (Å²) in [6, 6.07) is 21.5. The van der Waals surface area contributed by atoms with E-state index in [1.807, 2.05) is 32.0 Å². The van der Waals surface area contributed by atoms with E-state index in [-0.39, 0.29) is 12.5 Å². The number of halogens is 1. The molecule has 5 nitrogen and oxygen atoms in total. The van der Waals surface area contributed by atoms with Crippen LogP contribution in [0.2, 0.25) is 0 Å². The van der Waals surface area contributed by atoms with E-state index < -0.39 is 23.8 Å². The van der Waals surface area contributed by atoms with Crippen LogP contribution in [0.3, 0.4) is 0 Å². The molecule has 0 heterocycles. The molecule has 0 radical (unpaired) electrons. The first-order valence-corrected chi connectivity index (χ1v) is 9.96. The van der Waals surface area contributed by atoms with Gasteiger partial charge in [-0.3, -0.25) is 4.79 Å². The SMILES string of the molecule is CC(C)c1ccccc1OCC(=O)O[C@@H](C(=O)Nc1ccc(F)cc1)c1ccccc1. The number of carbonyl (C=O) groups excluding carboxylic acids is 2. The molecule has 0 aliphatic rings. The number of esters is 1. The van der Waals surface area contributed by atoms with E-state index in [4.69, 9.17) is 9.47 Å². The highest BCUT2D eigenvalue weighted by Crippen LogP contribution is 2.26. The van der Waals surface area contributed by atoms with Crippen molar-refractivity contribution in [3.05, 3.63) is 95.8 Å². The summed E-state index contributed by atoms with van der Waals surface area (Å²) >= 11 is 0. The molecule has 0 saturated carbocycles. The molecule has 0 aromatic heterocycles. The zero-order chi connectivity index (χ0) is 22.2. The second-order valence-electron chi connectivity index (χ2n) is 7.26. The number of ether oxygens (including phenoxy) is 2. The van der Waals surface area contributed by atoms with E-state index in [0.717, 1.165) is 5.56 Å². The second-order valence-corrected chi connectivity index (χ2v) is 7.26. The van der Waals surface area contributed by atoms with Gasteiger partial charge in [-0.1, -0.05) is 62.4 Å². The molecule has 3 rings (SSSR count). The maximum Gasteiger partial charge on any atom is 0.345 e. The fourth-order valence-corrected chi connectivity index (χ4v) is 3.03. The van der Waals surface area contributed by atoms with Gasteiger partial charge in [-0.25, -0.2) is 9.18 Å². The van der Waals surface area contributed by atoms with Crippen molar-refractivity contribution >= 4 is 17.6 Å². The molecule has 1 atom stereocenters. The van der Waals surface area contributed by atoms with Gasteiger partial charge in [0.1, 0.15) is 11.6 Å². The van der Waals surface area contributed by atoms with Crippen LogP contribution in [0.4, 0.5) is 10.1 Å². The number of hydrogen-bond donors (Lipinski definition) is 1. The average molecular weight is 421 g/mol. The topological polar surface area (TPSA) is 64.6 Å². The van der Waals surface area contributed by atoms with Crippen molar-refractivity contribution in [2.45, 2.75) is 25.9 Å². The Hall–Kier alpha value is -3.67. The van der Waals surface area contributed by atoms with Crippen LogP contribution in [0.25, 0.3) is 0 Å². The van der Waals surface area contributed by atoms with Gasteiger partial charge >= 0.3 is 5.97 Å². The Bertz CT molecular complexity index is 1020. The lowest BCUT2D eigenvalue weighted by atomic mass is 10.0. The summed E-state index contributed by atoms with van der Waals surface area (Å²) in [5.41, 5.74) is 1.88. The maximum absolute atomic E-state index is 13.1. The minimum atomic E-state index is -1.18. The van der Waals surface area contributed by atoms with Gasteiger partial charge in [0, 0.05) is 11.3 Å². The summed E-state index contributed by atoms with van der Waals surface area (Å²) in [7, 11) is 0. The number of hydrogen-bond acceptors (Lipinski definition) is 4. The van der Waals surface area contributed by atoms with Gasteiger partial charge in [0.25, 0.3) is 5.91 Å². The zero-order valence-electron chi connectivity index (χ0n) is 17.4. The standard InChI is InChI=1S/C25H24FNO4/c1-17(2)21-10-6-7-11-22(21)30-16-23(28)31-24(18-8-4-3-5-9-18)25(29)27-20-14-12-19(26)13-15-20/h3-15,17,24H,16H2,1-2H3,(H,27,29)/t24-/m1/s1. The Labute approximate surface area is 180 Å². The molecule has 0 aliphatic heterocycles. The Balaban J connectivity index is 1.70. The van der Waals surface area contributed by atoms with Crippen LogP contribution in [-0.2, 0) is 14.3 Å². The molecule has 3 aromatic carbocycles. The maximum atomic E-state index is 13.1. The highest BCUT2D eigenvalue weighted by Gasteiger charge is 2.25. The number of nitrogens with one attached hydrogen (secondary N) is 1. The smallest absolute Gasteiger partial charge is 0.345 e. The van der Waals surface area contributed by atoms with Gasteiger partial charge in [-0.2, -0.15) is 0 Å². The Kier molecular flexibility index (Phi) is 7.38. The van der Waals surface area contributed by atoms with Gasteiger partial charge in [0.05, 0.1) is 0 Å². The second kappa shape index (κ2) is 10.4. The van der Waals surface area contributed by atoms with E-state index in [0.29, 0.717) is 17.0 Å². The molecule has 1 amide bonds. The van der Waals surface area contributed by atoms with Gasteiger partial charge < -0.3 is 14.8 Å². The Morgan fingerprint density at radius 1 is 0.903 bits per heavy atom. The molecule has 3 aromatic rings. The fourth-order valence-electron chi connectivity index (χ4n) is 3.03. The largest absolute Gasteiger partial charge is 0.482 e. The van der Waals surface area contributed by atoms with Crippen molar-refractivity contribution in [2.75, 3.05) is 11.9 Å². The minimum absolute atomic E-state index is 0.228. The van der Waals surface area contributed by atoms with Gasteiger partial charge in [-0.05, 0) is 41.8 Å². The summed E-state index contributed by atoms with van der Waals surface area (Å²) in [6.07, 6.45) is -1.18. The van der Waals surface area contributed by atoms with Crippen LogP contribution in [-0.4, -0.2) is 18.5 Å². The van der Waals surface area contributed by atoms with Gasteiger partial charge in [0.2, 0.25) is 6.10 Å². The summed E-state index contributed by atoms with van der Waals surface area (Å²) in [6.45, 7) is 3.73. The fraction of sp³-hybridized carbons (Fsp3) is 0.200. The van der Waals surface area contributed by atoms with Crippen LogP contribution in [0.15, 0.2) is 78.9 Å². The molecule has 0 bridgehead atoms. The summed E-state index contributed by atoms with van der Waals surface area (Å²) in [5, 5.41) is 2.65. The van der Waals surface area contributed by atoms with E-state index in [2.05, 4.69) is 5.32 Å². The van der Waals surface area contributed by atoms with Crippen molar-refractivity contribution < 1.29 is 23.5 Å². The summed E-state index contributed by atoms with van der Waals surface area (Å²) in [4.78, 5) is 25.3. The predicted molar refractivity (Wildman–Crippen MR) is 116 cm³/mol. The zero-order valence-corrected chi connectivity index (χ0v) is 17.4. The van der Waals surface area contributed by atoms with Gasteiger partial charge in [0.15, 0.2) is 6.61 Å². The lowest BCUT2D eigenvalue weighted by molar-refractivity contribution is -0.156. The van der Waals surface area contributed by atoms with Crippen LogP contribution >= 0.6 is 0 Å². The highest BCUT2D eigenvalue weighted by molar-refractivity contribution is 5.96. The molecule has 0 saturated heterocycles. The summed E-state index contributed by atoms with van der Waals surface area (Å²) < 4.78 is 24.3. The normalized spacial score (nSPS) is 11.6. The third-order valence-electron chi connectivity index (χ3n) is 4.59. The van der Waals surface area contributed by atoms with Crippen molar-refractivity contribution in [1.29, 1.82) is 0 Å². The highest BCUT2D eigenvalue weighted by atomic mass is 19.1. The molecule has 0 fully saturated rings. The minimum Gasteiger partial charge on any atom is -0.482 e. The van der Waals surface area contributed by atoms with E-state index in [9.17, 15) is 14.0 Å². The molecular weight excluding hydrogens is 397 g/mol. The third-order valence-corrected chi connectivity index (χ3v) is 4.59. The Morgan fingerprint density at radius 3 is 2.23 bits per heavy atom. The number of rotatable bonds is 8. The molecular formula is C25H24FNO4. The van der Waals surface area contributed by atoms with Crippen LogP contribution < -0.4 is 10.1 Å². The van der Waals surface area contributed by atoms with Crippen LogP contribution in [0, 0.1) is 5.82 Å². The molecule has 0 unspecified atom stereocenters. The van der Waals surface area contributed by atoms with Crippen molar-refractivity contribution in [2.24, 2.45) is 0 Å². The number of anilines is 1. The summed E-state index contributed by atoms with van der Waals surface area (Å²) in [5.74, 6) is -0.814. The molecule has 0 spiro atoms. The lowest BCUT2D eigenvalue weighted by Crippen LogP contribution is -2.28. The lowest BCUT2D eigenvalue weighted by Gasteiger charge is -2.19. The average Bonchev–Trinajstić information content (AvgIpc) is 2.78. The molecule has 0 aliphatic carbocycles. The monoisotopic (exact) mass is 421 g/mol. The first-order chi connectivity index (χ1) is 14.9. The van der Waals surface area contributed by atoms with Crippen LogP contribution in [0.5, 0.6) is 5.75 Å². The van der Waals surface area contributed by atoms with E-state index >= 15 is 0 Å². The van der Waals surface area contributed by atoms with Gasteiger partial charge in [-0.15, -0.1) is 0 Å². The molecule has 160 valence electrons. The molecule has 1 N–H and O–H groups in total. The first-order valence-electron chi connectivity index (χ1n) is 9.96. The predicted octanol–water partition coefficient (Wildman–Crippen LogP) is 5.25. The molecule has 31 heavy (non-hydrogen) atoms. The van der Waals surface area contributed by atoms with E-state index in [1.165, 1.54) is 24.3 Å². The number of amides is 1. The molecule has 6 heteroatoms. The van der Waals surface area contributed by atoms with E-state index in [1.54, 1.807) is 36.4 Å². The van der Waals surface area contributed by atoms with Crippen LogP contribution in [0.1, 0.15) is 37.0 Å².